The molecule has 3 aromatic carbocycles. The first-order chi connectivity index (χ1) is 14.1. The van der Waals surface area contributed by atoms with E-state index in [2.05, 4.69) is 41.6 Å². The van der Waals surface area contributed by atoms with Crippen LogP contribution in [0.4, 0.5) is 0 Å². The number of hydrogen-bond acceptors (Lipinski definition) is 3. The third-order valence-electron chi connectivity index (χ3n) is 5.07. The number of hydrogen-bond donors (Lipinski definition) is 0. The van der Waals surface area contributed by atoms with E-state index in [1.54, 1.807) is 7.11 Å². The molecule has 3 nitrogen and oxygen atoms in total. The minimum absolute atomic E-state index is 0.122. The molecule has 0 aliphatic heterocycles. The van der Waals surface area contributed by atoms with Gasteiger partial charge in [-0.1, -0.05) is 96.2 Å². The van der Waals surface area contributed by atoms with E-state index >= 15 is 0 Å². The molecule has 0 bridgehead atoms. The number of benzene rings is 3. The largest absolute Gasteiger partial charge is 0.399 e. The van der Waals surface area contributed by atoms with Gasteiger partial charge in [0.25, 0.3) is 0 Å². The van der Waals surface area contributed by atoms with E-state index in [0.717, 1.165) is 22.4 Å². The Hall–Kier alpha value is -2.64. The van der Waals surface area contributed by atoms with E-state index in [1.807, 2.05) is 61.5 Å². The summed E-state index contributed by atoms with van der Waals surface area (Å²) in [5.74, 6) is 0. The maximum absolute atomic E-state index is 14.7. The molecular weight excluding hydrogens is 377 g/mol. The van der Waals surface area contributed by atoms with Crippen molar-refractivity contribution in [2.24, 2.45) is 5.16 Å². The molecule has 29 heavy (non-hydrogen) atoms. The summed E-state index contributed by atoms with van der Waals surface area (Å²) in [6.07, 6.45) is 1.72. The molecule has 0 spiro atoms. The molecule has 0 saturated heterocycles. The number of nitrogens with zero attached hydrogens (tertiary/aromatic N) is 1. The molecule has 3 rings (SSSR count). The molecular formula is C25H28NO2P. The Morgan fingerprint density at radius 3 is 1.72 bits per heavy atom. The fourth-order valence-corrected chi connectivity index (χ4v) is 7.29. The number of oxime groups is 1. The van der Waals surface area contributed by atoms with E-state index in [-0.39, 0.29) is 5.66 Å². The van der Waals surface area contributed by atoms with Crippen molar-refractivity contribution in [2.75, 3.05) is 7.11 Å². The summed E-state index contributed by atoms with van der Waals surface area (Å²) in [5, 5.41) is 4.11. The van der Waals surface area contributed by atoms with Crippen molar-refractivity contribution in [2.45, 2.75) is 31.3 Å². The van der Waals surface area contributed by atoms with Crippen molar-refractivity contribution in [1.29, 1.82) is 0 Å². The normalized spacial score (nSPS) is 13.1. The van der Waals surface area contributed by atoms with Gasteiger partial charge in [-0.25, -0.2) is 0 Å². The molecule has 4 heteroatoms. The Balaban J connectivity index is 2.05. The minimum atomic E-state index is -2.71. The molecule has 0 amide bonds. The average Bonchev–Trinajstić information content (AvgIpc) is 2.74. The predicted octanol–water partition coefficient (Wildman–Crippen LogP) is 6.90. The molecule has 0 heterocycles. The second kappa shape index (κ2) is 10.2. The molecule has 0 aliphatic rings. The van der Waals surface area contributed by atoms with Gasteiger partial charge < -0.3 is 9.40 Å². The topological polar surface area (TPSA) is 38.7 Å². The van der Waals surface area contributed by atoms with Gasteiger partial charge in [0.15, 0.2) is 0 Å². The summed E-state index contributed by atoms with van der Waals surface area (Å²) in [6, 6.07) is 30.5. The first-order valence-corrected chi connectivity index (χ1v) is 12.0. The highest BCUT2D eigenvalue weighted by molar-refractivity contribution is 7.62. The van der Waals surface area contributed by atoms with Gasteiger partial charge in [0.05, 0.1) is 5.71 Å². The van der Waals surface area contributed by atoms with Crippen molar-refractivity contribution in [1.82, 2.24) is 0 Å². The zero-order valence-electron chi connectivity index (χ0n) is 17.1. The van der Waals surface area contributed by atoms with Crippen molar-refractivity contribution in [3.8, 4) is 0 Å². The van der Waals surface area contributed by atoms with Crippen LogP contribution in [0.3, 0.4) is 0 Å². The lowest BCUT2D eigenvalue weighted by atomic mass is 10.1. The standard InChI is InChI=1S/C25H28NO2P/c1-21(26-28-2)18-25(24-16-10-5-11-17-24)29(27,19-22-12-6-3-7-13-22)20-23-14-8-4-9-15-23/h3-17,25H,18-20H2,1-2H3/b26-21-. The highest BCUT2D eigenvalue weighted by Gasteiger charge is 2.35. The third-order valence-corrected chi connectivity index (χ3v) is 8.49. The van der Waals surface area contributed by atoms with Gasteiger partial charge in [0.2, 0.25) is 0 Å². The SMILES string of the molecule is CO/N=C(/C)CC(c1ccccc1)P(=O)(Cc1ccccc1)Cc1ccccc1. The highest BCUT2D eigenvalue weighted by atomic mass is 31.2. The molecule has 1 unspecified atom stereocenters. The summed E-state index contributed by atoms with van der Waals surface area (Å²) in [4.78, 5) is 4.99. The maximum Gasteiger partial charge on any atom is 0.106 e. The first-order valence-electron chi connectivity index (χ1n) is 9.88. The molecule has 0 aliphatic carbocycles. The van der Waals surface area contributed by atoms with Crippen molar-refractivity contribution in [3.63, 3.8) is 0 Å². The fourth-order valence-electron chi connectivity index (χ4n) is 3.77. The minimum Gasteiger partial charge on any atom is -0.399 e. The second-order valence-corrected chi connectivity index (χ2v) is 10.5. The molecule has 0 saturated carbocycles. The van der Waals surface area contributed by atoms with Crippen LogP contribution in [0.25, 0.3) is 0 Å². The Bertz CT molecular complexity index is 910. The highest BCUT2D eigenvalue weighted by Crippen LogP contribution is 2.65. The second-order valence-electron chi connectivity index (χ2n) is 7.38. The average molecular weight is 405 g/mol. The van der Waals surface area contributed by atoms with Crippen LogP contribution in [0.2, 0.25) is 0 Å². The van der Waals surface area contributed by atoms with Gasteiger partial charge in [0.1, 0.15) is 14.3 Å². The van der Waals surface area contributed by atoms with Crippen molar-refractivity contribution >= 4 is 12.9 Å². The number of rotatable bonds is 9. The van der Waals surface area contributed by atoms with Crippen LogP contribution in [0.5, 0.6) is 0 Å². The molecule has 0 fully saturated rings. The predicted molar refractivity (Wildman–Crippen MR) is 122 cm³/mol. The lowest BCUT2D eigenvalue weighted by molar-refractivity contribution is 0.212. The van der Waals surface area contributed by atoms with Crippen LogP contribution >= 0.6 is 7.14 Å². The van der Waals surface area contributed by atoms with Gasteiger partial charge in [-0.05, 0) is 23.6 Å². The van der Waals surface area contributed by atoms with Gasteiger partial charge in [-0.15, -0.1) is 0 Å². The van der Waals surface area contributed by atoms with Crippen LogP contribution in [-0.4, -0.2) is 12.8 Å². The molecule has 0 radical (unpaired) electrons. The zero-order valence-corrected chi connectivity index (χ0v) is 18.0. The molecule has 0 N–H and O–H groups in total. The van der Waals surface area contributed by atoms with Crippen molar-refractivity contribution in [3.05, 3.63) is 108 Å². The van der Waals surface area contributed by atoms with Crippen LogP contribution in [0, 0.1) is 0 Å². The Morgan fingerprint density at radius 2 is 1.28 bits per heavy atom. The van der Waals surface area contributed by atoms with Gasteiger partial charge >= 0.3 is 0 Å². The van der Waals surface area contributed by atoms with Gasteiger partial charge in [-0.3, -0.25) is 0 Å². The molecule has 0 aromatic heterocycles. The summed E-state index contributed by atoms with van der Waals surface area (Å²) in [7, 11) is -1.16. The molecule has 1 atom stereocenters. The Morgan fingerprint density at radius 1 is 0.828 bits per heavy atom. The van der Waals surface area contributed by atoms with Crippen LogP contribution in [0.1, 0.15) is 35.7 Å². The molecule has 150 valence electrons. The smallest absolute Gasteiger partial charge is 0.106 e. The van der Waals surface area contributed by atoms with Gasteiger partial charge in [-0.2, -0.15) is 0 Å². The van der Waals surface area contributed by atoms with E-state index in [4.69, 9.17) is 4.84 Å². The van der Waals surface area contributed by atoms with Crippen LogP contribution < -0.4 is 0 Å². The van der Waals surface area contributed by atoms with E-state index in [1.165, 1.54) is 0 Å². The van der Waals surface area contributed by atoms with E-state index < -0.39 is 7.14 Å². The Kier molecular flexibility index (Phi) is 7.43. The Labute approximate surface area is 173 Å². The summed E-state index contributed by atoms with van der Waals surface area (Å²) in [5.41, 5.74) is 4.03. The monoisotopic (exact) mass is 405 g/mol. The van der Waals surface area contributed by atoms with E-state index in [0.29, 0.717) is 18.7 Å². The summed E-state index contributed by atoms with van der Waals surface area (Å²) < 4.78 is 14.7. The summed E-state index contributed by atoms with van der Waals surface area (Å²) >= 11 is 0. The van der Waals surface area contributed by atoms with Gasteiger partial charge in [0, 0.05) is 24.4 Å². The quantitative estimate of drug-likeness (QED) is 0.221. The van der Waals surface area contributed by atoms with Crippen LogP contribution in [-0.2, 0) is 21.7 Å². The first kappa shape index (κ1) is 21.1. The summed E-state index contributed by atoms with van der Waals surface area (Å²) in [6.45, 7) is 1.94. The maximum atomic E-state index is 14.7. The van der Waals surface area contributed by atoms with Crippen molar-refractivity contribution < 1.29 is 9.40 Å². The fraction of sp³-hybridized carbons (Fsp3) is 0.240. The zero-order chi connectivity index (χ0) is 20.5. The third kappa shape index (κ3) is 5.92. The molecule has 3 aromatic rings. The lowest BCUT2D eigenvalue weighted by Gasteiger charge is -2.29. The van der Waals surface area contributed by atoms with Crippen LogP contribution in [0.15, 0.2) is 96.2 Å². The van der Waals surface area contributed by atoms with E-state index in [9.17, 15) is 4.57 Å². The lowest BCUT2D eigenvalue weighted by Crippen LogP contribution is -2.10.